The van der Waals surface area contributed by atoms with Crippen molar-refractivity contribution in [3.8, 4) is 16.9 Å². The summed E-state index contributed by atoms with van der Waals surface area (Å²) in [6, 6.07) is 14.9. The number of ether oxygens (including phenoxy) is 2. The largest absolute Gasteiger partial charge is 0.493 e. The van der Waals surface area contributed by atoms with Crippen molar-refractivity contribution < 1.29 is 23.5 Å². The molecule has 0 aliphatic carbocycles. The second-order valence-corrected chi connectivity index (χ2v) is 9.04. The number of carbonyl (C=O) groups excluding carboxylic acids is 2. The van der Waals surface area contributed by atoms with Gasteiger partial charge in [0.15, 0.2) is 0 Å². The lowest BCUT2D eigenvalue weighted by atomic mass is 9.94. The van der Waals surface area contributed by atoms with Crippen LogP contribution in [0.2, 0.25) is 0 Å². The topological polar surface area (TPSA) is 77.8 Å². The van der Waals surface area contributed by atoms with E-state index in [1.165, 1.54) is 18.2 Å². The fraction of sp³-hybridized carbons (Fsp3) is 0.226. The molecule has 1 N–H and O–H groups in total. The Balaban J connectivity index is 1.72. The quantitative estimate of drug-likeness (QED) is 0.215. The van der Waals surface area contributed by atoms with Gasteiger partial charge in [0.25, 0.3) is 0 Å². The Bertz CT molecular complexity index is 1510. The summed E-state index contributed by atoms with van der Waals surface area (Å²) in [6.45, 7) is 10.4. The molecule has 4 rings (SSSR count). The summed E-state index contributed by atoms with van der Waals surface area (Å²) in [5.74, 6) is -0.0203. The summed E-state index contributed by atoms with van der Waals surface area (Å²) in [6.07, 6.45) is 3.34. The number of hydrogen-bond donors (Lipinski definition) is 1. The lowest BCUT2D eigenvalue weighted by Gasteiger charge is -2.15. The number of amides is 1. The molecule has 1 amide bonds. The maximum atomic E-state index is 12.9. The summed E-state index contributed by atoms with van der Waals surface area (Å²) in [5, 5.41) is 3.82. The van der Waals surface area contributed by atoms with E-state index in [-0.39, 0.29) is 5.91 Å². The van der Waals surface area contributed by atoms with Crippen molar-refractivity contribution in [2.75, 3.05) is 19.0 Å². The van der Waals surface area contributed by atoms with Crippen LogP contribution < -0.4 is 10.1 Å². The van der Waals surface area contributed by atoms with Gasteiger partial charge >= 0.3 is 5.97 Å². The first-order valence-electron chi connectivity index (χ1n) is 12.2. The number of nitrogens with one attached hydrogen (secondary N) is 1. The summed E-state index contributed by atoms with van der Waals surface area (Å²) in [4.78, 5) is 24.5. The van der Waals surface area contributed by atoms with Crippen LogP contribution >= 0.6 is 0 Å². The van der Waals surface area contributed by atoms with Crippen LogP contribution in [-0.2, 0) is 9.53 Å². The van der Waals surface area contributed by atoms with E-state index in [1.807, 2.05) is 26.8 Å². The van der Waals surface area contributed by atoms with Gasteiger partial charge in [0, 0.05) is 33.8 Å². The number of furan rings is 1. The predicted molar refractivity (Wildman–Crippen MR) is 147 cm³/mol. The van der Waals surface area contributed by atoms with E-state index in [0.717, 1.165) is 38.8 Å². The minimum Gasteiger partial charge on any atom is -0.493 e. The highest BCUT2D eigenvalue weighted by Gasteiger charge is 2.20. The zero-order chi connectivity index (χ0) is 26.7. The monoisotopic (exact) mass is 497 g/mol. The van der Waals surface area contributed by atoms with Gasteiger partial charge in [-0.05, 0) is 81.7 Å². The number of aryl methyl sites for hydroxylation is 3. The van der Waals surface area contributed by atoms with Gasteiger partial charge in [-0.2, -0.15) is 0 Å². The van der Waals surface area contributed by atoms with E-state index in [0.29, 0.717) is 23.6 Å². The summed E-state index contributed by atoms with van der Waals surface area (Å²) < 4.78 is 16.8. The van der Waals surface area contributed by atoms with Crippen LogP contribution in [0.5, 0.6) is 5.75 Å². The predicted octanol–water partition coefficient (Wildman–Crippen LogP) is 7.25. The van der Waals surface area contributed by atoms with Crippen LogP contribution in [0, 0.1) is 20.8 Å². The maximum absolute atomic E-state index is 12.9. The molecule has 0 fully saturated rings. The van der Waals surface area contributed by atoms with Crippen LogP contribution in [0.15, 0.2) is 65.3 Å². The zero-order valence-electron chi connectivity index (χ0n) is 22.0. The minimum atomic E-state index is -0.428. The molecule has 0 spiro atoms. The molecule has 4 aromatic rings. The third-order valence-corrected chi connectivity index (χ3v) is 6.35. The number of hydrogen-bond acceptors (Lipinski definition) is 5. The Morgan fingerprint density at radius 3 is 2.38 bits per heavy atom. The third-order valence-electron chi connectivity index (χ3n) is 6.35. The van der Waals surface area contributed by atoms with Crippen LogP contribution in [0.4, 0.5) is 5.69 Å². The van der Waals surface area contributed by atoms with Gasteiger partial charge in [0.05, 0.1) is 25.5 Å². The van der Waals surface area contributed by atoms with Gasteiger partial charge in [-0.3, -0.25) is 4.79 Å². The van der Waals surface area contributed by atoms with Gasteiger partial charge in [0.1, 0.15) is 11.3 Å². The highest BCUT2D eigenvalue weighted by molar-refractivity contribution is 6.06. The van der Waals surface area contributed by atoms with E-state index >= 15 is 0 Å². The minimum absolute atomic E-state index is 0.287. The van der Waals surface area contributed by atoms with E-state index in [4.69, 9.17) is 13.9 Å². The summed E-state index contributed by atoms with van der Waals surface area (Å²) in [7, 11) is 1.33. The fourth-order valence-electron chi connectivity index (χ4n) is 4.52. The number of fused-ring (bicyclic) bond motifs is 1. The van der Waals surface area contributed by atoms with Crippen LogP contribution in [0.25, 0.3) is 27.7 Å². The van der Waals surface area contributed by atoms with Gasteiger partial charge < -0.3 is 19.2 Å². The number of benzene rings is 3. The molecule has 0 saturated heterocycles. The van der Waals surface area contributed by atoms with Crippen LogP contribution in [-0.4, -0.2) is 25.6 Å². The molecule has 0 aliphatic heterocycles. The molecule has 190 valence electrons. The first-order valence-corrected chi connectivity index (χ1v) is 12.2. The average molecular weight is 498 g/mol. The molecule has 1 aromatic heterocycles. The second-order valence-electron chi connectivity index (χ2n) is 9.04. The highest BCUT2D eigenvalue weighted by atomic mass is 16.5. The normalized spacial score (nSPS) is 11.5. The Hall–Kier alpha value is -4.32. The Labute approximate surface area is 216 Å². The molecule has 6 heteroatoms. The maximum Gasteiger partial charge on any atom is 0.337 e. The van der Waals surface area contributed by atoms with Gasteiger partial charge in [0.2, 0.25) is 5.91 Å². The molecule has 37 heavy (non-hydrogen) atoms. The summed E-state index contributed by atoms with van der Waals surface area (Å²) in [5.41, 5.74) is 8.70. The second kappa shape index (κ2) is 10.7. The third kappa shape index (κ3) is 5.28. The van der Waals surface area contributed by atoms with E-state index in [1.54, 1.807) is 36.6 Å². The molecular formula is C31H31NO5. The van der Waals surface area contributed by atoms with Crippen molar-refractivity contribution in [2.45, 2.75) is 34.6 Å². The van der Waals surface area contributed by atoms with Crippen molar-refractivity contribution in [3.05, 3.63) is 88.7 Å². The molecule has 3 aromatic carbocycles. The molecule has 0 radical (unpaired) electrons. The lowest BCUT2D eigenvalue weighted by molar-refractivity contribution is -0.111. The van der Waals surface area contributed by atoms with E-state index < -0.39 is 5.97 Å². The molecular weight excluding hydrogens is 466 g/mol. The van der Waals surface area contributed by atoms with E-state index in [9.17, 15) is 9.59 Å². The smallest absolute Gasteiger partial charge is 0.337 e. The molecule has 0 unspecified atom stereocenters. The zero-order valence-corrected chi connectivity index (χ0v) is 22.0. The standard InChI is InChI=1S/C31H31NO5/c1-7-36-29-21(5)30-26(27(17-37-30)24-13-8-18(2)14-19(24)3)16-25(29)20(4)15-28(33)32-23-11-9-22(10-12-23)31(34)35-6/h8-17H,7H2,1-6H3,(H,32,33)/b20-15+. The number of allylic oxidation sites excluding steroid dienone is 1. The van der Waals surface area contributed by atoms with Gasteiger partial charge in [-0.25, -0.2) is 4.79 Å². The number of esters is 1. The fourth-order valence-corrected chi connectivity index (χ4v) is 4.52. The molecule has 1 heterocycles. The number of rotatable bonds is 7. The van der Waals surface area contributed by atoms with Crippen molar-refractivity contribution in [1.82, 2.24) is 0 Å². The molecule has 0 atom stereocenters. The van der Waals surface area contributed by atoms with Gasteiger partial charge in [-0.15, -0.1) is 0 Å². The van der Waals surface area contributed by atoms with E-state index in [2.05, 4.69) is 37.4 Å². The average Bonchev–Trinajstić information content (AvgIpc) is 3.29. The Morgan fingerprint density at radius 1 is 1.00 bits per heavy atom. The number of carbonyl (C=O) groups is 2. The SMILES string of the molecule is CCOc1c(/C(C)=C/C(=O)Nc2ccc(C(=O)OC)cc2)cc2c(-c3ccc(C)cc3C)coc2c1C. The first kappa shape index (κ1) is 25.8. The van der Waals surface area contributed by atoms with Crippen molar-refractivity contribution in [1.29, 1.82) is 0 Å². The van der Waals surface area contributed by atoms with Crippen molar-refractivity contribution in [3.63, 3.8) is 0 Å². The van der Waals surface area contributed by atoms with Crippen molar-refractivity contribution >= 4 is 34.1 Å². The molecule has 0 bridgehead atoms. The number of anilines is 1. The molecule has 6 nitrogen and oxygen atoms in total. The molecule has 0 aliphatic rings. The van der Waals surface area contributed by atoms with Crippen LogP contribution in [0.1, 0.15) is 46.5 Å². The van der Waals surface area contributed by atoms with Crippen molar-refractivity contribution in [2.24, 2.45) is 0 Å². The summed E-state index contributed by atoms with van der Waals surface area (Å²) >= 11 is 0. The van der Waals surface area contributed by atoms with Gasteiger partial charge in [-0.1, -0.05) is 23.8 Å². The van der Waals surface area contributed by atoms with Crippen LogP contribution in [0.3, 0.4) is 0 Å². The Kier molecular flexibility index (Phi) is 7.48. The first-order chi connectivity index (χ1) is 17.7. The lowest BCUT2D eigenvalue weighted by Crippen LogP contribution is -2.09. The highest BCUT2D eigenvalue weighted by Crippen LogP contribution is 2.41. The Morgan fingerprint density at radius 2 is 1.73 bits per heavy atom. The number of methoxy groups -OCH3 is 1. The molecule has 0 saturated carbocycles.